The fourth-order valence-corrected chi connectivity index (χ4v) is 3.76. The Morgan fingerprint density at radius 1 is 1.33 bits per heavy atom. The van der Waals surface area contributed by atoms with E-state index in [0.717, 1.165) is 35.1 Å². The van der Waals surface area contributed by atoms with Crippen LogP contribution in [0.5, 0.6) is 0 Å². The number of benzene rings is 1. The molecule has 1 aromatic carbocycles. The number of hydrogen-bond donors (Lipinski definition) is 0. The number of fused-ring (bicyclic) bond motifs is 2. The molecule has 0 spiro atoms. The van der Waals surface area contributed by atoms with E-state index < -0.39 is 0 Å². The van der Waals surface area contributed by atoms with Gasteiger partial charge in [0.25, 0.3) is 0 Å². The number of ether oxygens (including phenoxy) is 1. The fourth-order valence-electron chi connectivity index (χ4n) is 3.12. The van der Waals surface area contributed by atoms with E-state index in [1.807, 2.05) is 19.1 Å². The Kier molecular flexibility index (Phi) is 3.16. The first kappa shape index (κ1) is 12.2. The highest BCUT2D eigenvalue weighted by Gasteiger charge is 2.38. The number of aldehydes is 1. The maximum absolute atomic E-state index is 11.1. The van der Waals surface area contributed by atoms with Crippen molar-refractivity contribution in [2.45, 2.75) is 31.8 Å². The summed E-state index contributed by atoms with van der Waals surface area (Å²) in [4.78, 5) is 13.5. The van der Waals surface area contributed by atoms with Crippen LogP contribution in [0.3, 0.4) is 0 Å². The first-order valence-electron chi connectivity index (χ1n) is 6.32. The maximum Gasteiger partial charge on any atom is 0.150 e. The van der Waals surface area contributed by atoms with E-state index in [4.69, 9.17) is 4.74 Å². The highest BCUT2D eigenvalue weighted by Crippen LogP contribution is 2.40. The molecule has 0 amide bonds. The molecule has 18 heavy (non-hydrogen) atoms. The van der Waals surface area contributed by atoms with Crippen molar-refractivity contribution in [3.05, 3.63) is 27.7 Å². The number of carbonyl (C=O) groups is 1. The molecule has 3 nitrogen and oxygen atoms in total. The van der Waals surface area contributed by atoms with Crippen LogP contribution in [0.25, 0.3) is 0 Å². The van der Waals surface area contributed by atoms with Crippen molar-refractivity contribution in [1.29, 1.82) is 0 Å². The molecule has 0 aliphatic carbocycles. The summed E-state index contributed by atoms with van der Waals surface area (Å²) in [6, 6.07) is 4.76. The zero-order chi connectivity index (χ0) is 12.7. The van der Waals surface area contributed by atoms with Gasteiger partial charge < -0.3 is 9.64 Å². The lowest BCUT2D eigenvalue weighted by molar-refractivity contribution is 0.0905. The molecule has 2 atom stereocenters. The summed E-state index contributed by atoms with van der Waals surface area (Å²) >= 11 is 3.63. The fraction of sp³-hybridized carbons (Fsp3) is 0.500. The van der Waals surface area contributed by atoms with Crippen LogP contribution in [-0.2, 0) is 4.74 Å². The second kappa shape index (κ2) is 4.67. The Bertz CT molecular complexity index is 473. The normalized spacial score (nSPS) is 26.4. The predicted octanol–water partition coefficient (Wildman–Crippen LogP) is 2.94. The van der Waals surface area contributed by atoms with E-state index in [9.17, 15) is 4.79 Å². The Labute approximate surface area is 115 Å². The van der Waals surface area contributed by atoms with Crippen LogP contribution in [0.15, 0.2) is 16.6 Å². The lowest BCUT2D eigenvalue weighted by Crippen LogP contribution is -2.46. The topological polar surface area (TPSA) is 29.5 Å². The molecular formula is C14H16BrNO2. The van der Waals surface area contributed by atoms with Gasteiger partial charge in [0, 0.05) is 10.0 Å². The number of halogens is 1. The number of rotatable bonds is 2. The van der Waals surface area contributed by atoms with Crippen molar-refractivity contribution in [1.82, 2.24) is 0 Å². The van der Waals surface area contributed by atoms with Gasteiger partial charge in [0.2, 0.25) is 0 Å². The van der Waals surface area contributed by atoms with Gasteiger partial charge in [-0.3, -0.25) is 4.79 Å². The van der Waals surface area contributed by atoms with E-state index in [1.54, 1.807) is 0 Å². The first-order chi connectivity index (χ1) is 8.72. The maximum atomic E-state index is 11.1. The standard InChI is InChI=1S/C14H16BrNO2/c1-9-10(6-17)2-5-13(15)14(9)16-11-3-4-12(16)8-18-7-11/h2,5-6,11-12H,3-4,7-8H2,1H3. The van der Waals surface area contributed by atoms with Gasteiger partial charge in [-0.05, 0) is 47.3 Å². The summed E-state index contributed by atoms with van der Waals surface area (Å²) in [6.07, 6.45) is 3.30. The van der Waals surface area contributed by atoms with E-state index >= 15 is 0 Å². The van der Waals surface area contributed by atoms with Gasteiger partial charge in [0.05, 0.1) is 31.0 Å². The average Bonchev–Trinajstić information content (AvgIpc) is 2.61. The van der Waals surface area contributed by atoms with Crippen LogP contribution in [0.1, 0.15) is 28.8 Å². The molecule has 1 aromatic rings. The summed E-state index contributed by atoms with van der Waals surface area (Å²) < 4.78 is 6.69. The molecule has 2 bridgehead atoms. The predicted molar refractivity (Wildman–Crippen MR) is 74.4 cm³/mol. The largest absolute Gasteiger partial charge is 0.377 e. The minimum Gasteiger partial charge on any atom is -0.377 e. The molecule has 2 aliphatic heterocycles. The molecule has 2 fully saturated rings. The number of anilines is 1. The van der Waals surface area contributed by atoms with Crippen LogP contribution in [0.4, 0.5) is 5.69 Å². The molecule has 2 saturated heterocycles. The second-order valence-corrected chi connectivity index (χ2v) is 5.91. The van der Waals surface area contributed by atoms with Crippen LogP contribution in [0, 0.1) is 6.92 Å². The first-order valence-corrected chi connectivity index (χ1v) is 7.12. The zero-order valence-electron chi connectivity index (χ0n) is 10.4. The molecule has 4 heteroatoms. The smallest absolute Gasteiger partial charge is 0.150 e. The average molecular weight is 310 g/mol. The molecule has 0 saturated carbocycles. The minimum atomic E-state index is 0.459. The van der Waals surface area contributed by atoms with E-state index in [1.165, 1.54) is 18.5 Å². The summed E-state index contributed by atoms with van der Waals surface area (Å²) in [6.45, 7) is 3.63. The van der Waals surface area contributed by atoms with Crippen molar-refractivity contribution < 1.29 is 9.53 Å². The summed E-state index contributed by atoms with van der Waals surface area (Å²) in [5.74, 6) is 0. The van der Waals surface area contributed by atoms with Gasteiger partial charge in [-0.25, -0.2) is 0 Å². The van der Waals surface area contributed by atoms with Crippen molar-refractivity contribution in [2.75, 3.05) is 18.1 Å². The van der Waals surface area contributed by atoms with Crippen LogP contribution in [0.2, 0.25) is 0 Å². The van der Waals surface area contributed by atoms with Gasteiger partial charge in [-0.15, -0.1) is 0 Å². The van der Waals surface area contributed by atoms with Crippen molar-refractivity contribution >= 4 is 27.9 Å². The Hall–Kier alpha value is -0.870. The van der Waals surface area contributed by atoms with Gasteiger partial charge in [-0.1, -0.05) is 6.07 Å². The lowest BCUT2D eigenvalue weighted by Gasteiger charge is -2.38. The molecule has 2 heterocycles. The van der Waals surface area contributed by atoms with Gasteiger partial charge in [0.15, 0.2) is 0 Å². The third-order valence-electron chi connectivity index (χ3n) is 4.05. The zero-order valence-corrected chi connectivity index (χ0v) is 11.9. The second-order valence-electron chi connectivity index (χ2n) is 5.06. The third-order valence-corrected chi connectivity index (χ3v) is 4.69. The molecule has 2 aliphatic rings. The summed E-state index contributed by atoms with van der Waals surface area (Å²) in [7, 11) is 0. The Morgan fingerprint density at radius 2 is 2.00 bits per heavy atom. The van der Waals surface area contributed by atoms with E-state index in [-0.39, 0.29) is 0 Å². The molecule has 2 unspecified atom stereocenters. The molecule has 0 N–H and O–H groups in total. The summed E-state index contributed by atoms with van der Waals surface area (Å²) in [5, 5.41) is 0. The van der Waals surface area contributed by atoms with Crippen molar-refractivity contribution in [3.63, 3.8) is 0 Å². The number of morpholine rings is 1. The molecule has 3 rings (SSSR count). The Morgan fingerprint density at radius 3 is 2.61 bits per heavy atom. The Balaban J connectivity index is 2.09. The summed E-state index contributed by atoms with van der Waals surface area (Å²) in [5.41, 5.74) is 3.02. The van der Waals surface area contributed by atoms with Gasteiger partial charge in [0.1, 0.15) is 6.29 Å². The van der Waals surface area contributed by atoms with Gasteiger partial charge >= 0.3 is 0 Å². The highest BCUT2D eigenvalue weighted by molar-refractivity contribution is 9.10. The monoisotopic (exact) mass is 309 g/mol. The van der Waals surface area contributed by atoms with Crippen LogP contribution < -0.4 is 4.90 Å². The third kappa shape index (κ3) is 1.79. The van der Waals surface area contributed by atoms with Crippen molar-refractivity contribution in [3.8, 4) is 0 Å². The van der Waals surface area contributed by atoms with E-state index in [2.05, 4.69) is 20.8 Å². The molecule has 0 radical (unpaired) electrons. The number of nitrogens with zero attached hydrogens (tertiary/aromatic N) is 1. The van der Waals surface area contributed by atoms with E-state index in [0.29, 0.717) is 12.1 Å². The molecular weight excluding hydrogens is 294 g/mol. The molecule has 0 aromatic heterocycles. The van der Waals surface area contributed by atoms with Crippen LogP contribution >= 0.6 is 15.9 Å². The number of hydrogen-bond acceptors (Lipinski definition) is 3. The van der Waals surface area contributed by atoms with Crippen molar-refractivity contribution in [2.24, 2.45) is 0 Å². The highest BCUT2D eigenvalue weighted by atomic mass is 79.9. The molecule has 96 valence electrons. The lowest BCUT2D eigenvalue weighted by atomic mass is 10.1. The quantitative estimate of drug-likeness (QED) is 0.787. The SMILES string of the molecule is Cc1c(C=O)ccc(Br)c1N1C2CCC1COC2. The minimum absolute atomic E-state index is 0.459. The van der Waals surface area contributed by atoms with Gasteiger partial charge in [-0.2, -0.15) is 0 Å². The van der Waals surface area contributed by atoms with Crippen LogP contribution in [-0.4, -0.2) is 31.6 Å². The number of carbonyl (C=O) groups excluding carboxylic acids is 1.